The third-order valence-electron chi connectivity index (χ3n) is 3.18. The zero-order valence-electron chi connectivity index (χ0n) is 14.0. The number of carbonyl (C=O) groups excluding carboxylic acids is 2. The minimum Gasteiger partial charge on any atom is -0.465 e. The SMILES string of the molecule is CCOC(=O)C1=CC=CC(C)(C(=O)Oc2ccncc2)C1.NC(=O)O. The van der Waals surface area contributed by atoms with Crippen LogP contribution < -0.4 is 10.5 Å². The molecule has 0 saturated heterocycles. The van der Waals surface area contributed by atoms with Crippen LogP contribution in [0.3, 0.4) is 0 Å². The summed E-state index contributed by atoms with van der Waals surface area (Å²) in [4.78, 5) is 36.8. The molecule has 0 spiro atoms. The molecule has 134 valence electrons. The van der Waals surface area contributed by atoms with Crippen LogP contribution in [0, 0.1) is 5.41 Å². The van der Waals surface area contributed by atoms with Crippen molar-refractivity contribution in [3.05, 3.63) is 48.3 Å². The Bertz CT molecular complexity index is 680. The van der Waals surface area contributed by atoms with Crippen molar-refractivity contribution in [2.45, 2.75) is 20.3 Å². The second kappa shape index (κ2) is 9.21. The molecule has 0 fully saturated rings. The van der Waals surface area contributed by atoms with E-state index >= 15 is 0 Å². The van der Waals surface area contributed by atoms with Crippen LogP contribution in [0.25, 0.3) is 0 Å². The van der Waals surface area contributed by atoms with Gasteiger partial charge in [-0.25, -0.2) is 9.59 Å². The summed E-state index contributed by atoms with van der Waals surface area (Å²) in [5, 5.41) is 7.19. The van der Waals surface area contributed by atoms with Crippen LogP contribution in [0.5, 0.6) is 5.75 Å². The smallest absolute Gasteiger partial charge is 0.402 e. The van der Waals surface area contributed by atoms with Crippen molar-refractivity contribution in [2.24, 2.45) is 11.1 Å². The van der Waals surface area contributed by atoms with E-state index in [1.54, 1.807) is 56.6 Å². The lowest BCUT2D eigenvalue weighted by Crippen LogP contribution is -2.33. The molecule has 1 amide bonds. The minimum absolute atomic E-state index is 0.256. The van der Waals surface area contributed by atoms with Gasteiger partial charge in [0.25, 0.3) is 0 Å². The molecule has 3 N–H and O–H groups in total. The predicted molar refractivity (Wildman–Crippen MR) is 88.7 cm³/mol. The van der Waals surface area contributed by atoms with Crippen LogP contribution in [-0.2, 0) is 14.3 Å². The van der Waals surface area contributed by atoms with Gasteiger partial charge in [0.1, 0.15) is 5.75 Å². The third-order valence-corrected chi connectivity index (χ3v) is 3.18. The van der Waals surface area contributed by atoms with Gasteiger partial charge in [0.2, 0.25) is 0 Å². The first-order chi connectivity index (χ1) is 11.8. The Morgan fingerprint density at radius 1 is 1.32 bits per heavy atom. The topological polar surface area (TPSA) is 129 Å². The number of pyridine rings is 1. The summed E-state index contributed by atoms with van der Waals surface area (Å²) in [6.45, 7) is 3.78. The number of esters is 2. The maximum atomic E-state index is 12.3. The molecule has 0 radical (unpaired) electrons. The van der Waals surface area contributed by atoms with E-state index in [4.69, 9.17) is 19.4 Å². The standard InChI is InChI=1S/C16H17NO4.CH3NO2/c1-3-20-14(18)12-5-4-8-16(2,11-12)15(19)21-13-6-9-17-10-7-13;2-1(3)4/h4-10H,3,11H2,1-2H3;2H2,(H,3,4). The normalized spacial score (nSPS) is 18.2. The number of carboxylic acid groups (broad SMARTS) is 1. The molecule has 1 heterocycles. The molecule has 1 atom stereocenters. The number of carbonyl (C=O) groups is 3. The van der Waals surface area contributed by atoms with E-state index in [-0.39, 0.29) is 6.42 Å². The van der Waals surface area contributed by atoms with Gasteiger partial charge in [0.05, 0.1) is 12.0 Å². The van der Waals surface area contributed by atoms with E-state index in [2.05, 4.69) is 10.7 Å². The first kappa shape index (κ1) is 19.9. The molecule has 1 aliphatic rings. The third kappa shape index (κ3) is 6.46. The summed E-state index contributed by atoms with van der Waals surface area (Å²) in [5.41, 5.74) is 3.61. The molecule has 0 saturated carbocycles. The highest BCUT2D eigenvalue weighted by Crippen LogP contribution is 2.33. The summed E-state index contributed by atoms with van der Waals surface area (Å²) < 4.78 is 10.3. The monoisotopic (exact) mass is 348 g/mol. The Morgan fingerprint density at radius 3 is 2.48 bits per heavy atom. The van der Waals surface area contributed by atoms with E-state index in [0.29, 0.717) is 17.9 Å². The number of rotatable bonds is 4. The Morgan fingerprint density at radius 2 is 1.92 bits per heavy atom. The Kier molecular flexibility index (Phi) is 7.33. The van der Waals surface area contributed by atoms with Gasteiger partial charge < -0.3 is 20.3 Å². The average Bonchev–Trinajstić information content (AvgIpc) is 2.55. The highest BCUT2D eigenvalue weighted by atomic mass is 16.5. The molecule has 25 heavy (non-hydrogen) atoms. The summed E-state index contributed by atoms with van der Waals surface area (Å²) in [7, 11) is 0. The van der Waals surface area contributed by atoms with Gasteiger partial charge in [0, 0.05) is 18.0 Å². The summed E-state index contributed by atoms with van der Waals surface area (Å²) >= 11 is 0. The summed E-state index contributed by atoms with van der Waals surface area (Å²) in [6.07, 6.45) is 7.10. The molecule has 8 heteroatoms. The van der Waals surface area contributed by atoms with E-state index in [9.17, 15) is 9.59 Å². The van der Waals surface area contributed by atoms with Crippen LogP contribution in [-0.4, -0.2) is 34.7 Å². The first-order valence-corrected chi connectivity index (χ1v) is 7.44. The average molecular weight is 348 g/mol. The number of primary amides is 1. The number of amides is 1. The second-order valence-corrected chi connectivity index (χ2v) is 5.28. The molecule has 2 rings (SSSR count). The number of allylic oxidation sites excluding steroid dienone is 2. The first-order valence-electron chi connectivity index (χ1n) is 7.44. The Balaban J connectivity index is 0.000000705. The number of ether oxygens (including phenoxy) is 2. The largest absolute Gasteiger partial charge is 0.465 e. The van der Waals surface area contributed by atoms with Crippen LogP contribution >= 0.6 is 0 Å². The fourth-order valence-electron chi connectivity index (χ4n) is 2.02. The number of hydrogen-bond donors (Lipinski definition) is 2. The van der Waals surface area contributed by atoms with Gasteiger partial charge in [-0.2, -0.15) is 0 Å². The molecule has 1 unspecified atom stereocenters. The molecule has 0 bridgehead atoms. The highest BCUT2D eigenvalue weighted by molar-refractivity contribution is 5.92. The van der Waals surface area contributed by atoms with Crippen LogP contribution in [0.15, 0.2) is 48.3 Å². The van der Waals surface area contributed by atoms with Gasteiger partial charge in [-0.15, -0.1) is 0 Å². The minimum atomic E-state index is -1.33. The van der Waals surface area contributed by atoms with Gasteiger partial charge in [-0.3, -0.25) is 9.78 Å². The number of hydrogen-bond acceptors (Lipinski definition) is 6. The molecule has 1 aliphatic carbocycles. The van der Waals surface area contributed by atoms with Crippen molar-refractivity contribution in [3.8, 4) is 5.75 Å². The number of nitrogens with zero attached hydrogens (tertiary/aromatic N) is 1. The number of aromatic nitrogens is 1. The zero-order chi connectivity index (χ0) is 18.9. The fourth-order valence-corrected chi connectivity index (χ4v) is 2.02. The Hall–Kier alpha value is -3.16. The van der Waals surface area contributed by atoms with Crippen LogP contribution in [0.4, 0.5) is 4.79 Å². The fraction of sp³-hybridized carbons (Fsp3) is 0.294. The van der Waals surface area contributed by atoms with E-state index < -0.39 is 23.4 Å². The van der Waals surface area contributed by atoms with E-state index in [0.717, 1.165) is 0 Å². The molecule has 8 nitrogen and oxygen atoms in total. The van der Waals surface area contributed by atoms with Crippen LogP contribution in [0.2, 0.25) is 0 Å². The highest BCUT2D eigenvalue weighted by Gasteiger charge is 2.37. The van der Waals surface area contributed by atoms with E-state index in [1.807, 2.05) is 0 Å². The lowest BCUT2D eigenvalue weighted by molar-refractivity contribution is -0.143. The molecule has 0 aliphatic heterocycles. The van der Waals surface area contributed by atoms with Gasteiger partial charge in [-0.05, 0) is 32.4 Å². The van der Waals surface area contributed by atoms with Crippen molar-refractivity contribution in [3.63, 3.8) is 0 Å². The van der Waals surface area contributed by atoms with E-state index in [1.165, 1.54) is 0 Å². The van der Waals surface area contributed by atoms with Gasteiger partial charge in [0.15, 0.2) is 0 Å². The van der Waals surface area contributed by atoms with Crippen LogP contribution in [0.1, 0.15) is 20.3 Å². The van der Waals surface area contributed by atoms with Crippen molar-refractivity contribution < 1.29 is 29.0 Å². The molecule has 0 aromatic carbocycles. The van der Waals surface area contributed by atoms with Crippen molar-refractivity contribution in [2.75, 3.05) is 6.61 Å². The number of nitrogens with two attached hydrogens (primary N) is 1. The summed E-state index contributed by atoms with van der Waals surface area (Å²) in [6, 6.07) is 3.21. The second-order valence-electron chi connectivity index (χ2n) is 5.28. The molecular weight excluding hydrogens is 328 g/mol. The molecule has 1 aromatic heterocycles. The molecule has 1 aromatic rings. The Labute approximate surface area is 144 Å². The maximum absolute atomic E-state index is 12.3. The quantitative estimate of drug-likeness (QED) is 0.797. The predicted octanol–water partition coefficient (Wildman–Crippen LogP) is 2.07. The zero-order valence-corrected chi connectivity index (χ0v) is 14.0. The van der Waals surface area contributed by atoms with Crippen molar-refractivity contribution >= 4 is 18.0 Å². The summed E-state index contributed by atoms with van der Waals surface area (Å²) in [5.74, 6) is -0.388. The van der Waals surface area contributed by atoms with Gasteiger partial charge >= 0.3 is 18.0 Å². The van der Waals surface area contributed by atoms with Crippen molar-refractivity contribution in [1.82, 2.24) is 4.98 Å². The van der Waals surface area contributed by atoms with Gasteiger partial charge in [-0.1, -0.05) is 18.2 Å². The lowest BCUT2D eigenvalue weighted by Gasteiger charge is -2.26. The maximum Gasteiger partial charge on any atom is 0.402 e. The lowest BCUT2D eigenvalue weighted by atomic mass is 9.80. The van der Waals surface area contributed by atoms with Crippen molar-refractivity contribution in [1.29, 1.82) is 0 Å². The molecular formula is C17H20N2O6.